The number of benzene rings is 2. The van der Waals surface area contributed by atoms with Crippen LogP contribution in [0.3, 0.4) is 0 Å². The van der Waals surface area contributed by atoms with Gasteiger partial charge in [0.2, 0.25) is 15.8 Å². The first-order valence-corrected chi connectivity index (χ1v) is 8.77. The molecule has 0 aliphatic rings. The fourth-order valence-corrected chi connectivity index (χ4v) is 2.89. The second-order valence-electron chi connectivity index (χ2n) is 5.20. The molecule has 0 spiro atoms. The van der Waals surface area contributed by atoms with Crippen LogP contribution in [0.4, 0.5) is 4.39 Å². The summed E-state index contributed by atoms with van der Waals surface area (Å²) in [6, 6.07) is 11.4. The van der Waals surface area contributed by atoms with Gasteiger partial charge in [0.05, 0.1) is 10.5 Å². The Kier molecular flexibility index (Phi) is 6.00. The van der Waals surface area contributed by atoms with Crippen molar-refractivity contribution < 1.29 is 27.1 Å². The number of ether oxygens (including phenoxy) is 1. The normalized spacial score (nSPS) is 11.1. The molecule has 2 aromatic carbocycles. The number of sulfonamides is 1. The summed E-state index contributed by atoms with van der Waals surface area (Å²) in [5, 5.41) is 0. The Morgan fingerprint density at radius 1 is 1.08 bits per heavy atom. The predicted octanol–water partition coefficient (Wildman–Crippen LogP) is 1.84. The Balaban J connectivity index is 1.87. The number of nitrogens with one attached hydrogen (secondary N) is 1. The number of Topliss-reactive ketones (excluding diaryl/α,β-unsaturated/α-hetero) is 1. The largest absolute Gasteiger partial charge is 0.456 e. The lowest BCUT2D eigenvalue weighted by Gasteiger charge is -2.08. The number of hydrogen-bond donors (Lipinski definition) is 1. The van der Waals surface area contributed by atoms with Crippen LogP contribution in [-0.2, 0) is 19.6 Å². The second kappa shape index (κ2) is 8.00. The summed E-state index contributed by atoms with van der Waals surface area (Å²) in [6.07, 6.45) is 0. The number of carbonyl (C=O) groups is 2. The van der Waals surface area contributed by atoms with Gasteiger partial charge in [-0.15, -0.1) is 0 Å². The molecule has 0 radical (unpaired) electrons. The van der Waals surface area contributed by atoms with Crippen LogP contribution in [0.15, 0.2) is 53.4 Å². The molecule has 0 atom stereocenters. The molecule has 0 aliphatic carbocycles. The predicted molar refractivity (Wildman–Crippen MR) is 88.1 cm³/mol. The highest BCUT2D eigenvalue weighted by molar-refractivity contribution is 7.89. The molecule has 0 saturated carbocycles. The lowest BCUT2D eigenvalue weighted by molar-refractivity contribution is -0.141. The quantitative estimate of drug-likeness (QED) is 0.597. The monoisotopic (exact) mass is 365 g/mol. The summed E-state index contributed by atoms with van der Waals surface area (Å²) in [5.41, 5.74) is 0.695. The summed E-state index contributed by atoms with van der Waals surface area (Å²) >= 11 is 0. The van der Waals surface area contributed by atoms with Crippen LogP contribution >= 0.6 is 0 Å². The molecule has 25 heavy (non-hydrogen) atoms. The third-order valence-electron chi connectivity index (χ3n) is 3.28. The van der Waals surface area contributed by atoms with E-state index in [2.05, 4.69) is 9.46 Å². The molecule has 0 aliphatic heterocycles. The lowest BCUT2D eigenvalue weighted by Crippen LogP contribution is -2.31. The van der Waals surface area contributed by atoms with E-state index in [1.807, 2.05) is 6.92 Å². The second-order valence-corrected chi connectivity index (χ2v) is 6.97. The highest BCUT2D eigenvalue weighted by atomic mass is 32.2. The average molecular weight is 365 g/mol. The molecular weight excluding hydrogens is 349 g/mol. The summed E-state index contributed by atoms with van der Waals surface area (Å²) in [7, 11) is -3.87. The average Bonchev–Trinajstić information content (AvgIpc) is 2.59. The Hall–Kier alpha value is -2.58. The van der Waals surface area contributed by atoms with Crippen LogP contribution in [0.2, 0.25) is 0 Å². The first kappa shape index (κ1) is 18.8. The highest BCUT2D eigenvalue weighted by Crippen LogP contribution is 2.10. The Morgan fingerprint density at radius 3 is 2.36 bits per heavy atom. The summed E-state index contributed by atoms with van der Waals surface area (Å²) in [4.78, 5) is 23.4. The van der Waals surface area contributed by atoms with E-state index in [-0.39, 0.29) is 10.5 Å². The first-order valence-electron chi connectivity index (χ1n) is 7.29. The molecule has 0 unspecified atom stereocenters. The van der Waals surface area contributed by atoms with Gasteiger partial charge in [-0.1, -0.05) is 29.8 Å². The van der Waals surface area contributed by atoms with E-state index in [4.69, 9.17) is 0 Å². The van der Waals surface area contributed by atoms with Gasteiger partial charge in [0.15, 0.2) is 6.61 Å². The number of halogens is 1. The minimum atomic E-state index is -3.87. The van der Waals surface area contributed by atoms with Gasteiger partial charge in [0.25, 0.3) is 0 Å². The molecule has 0 saturated heterocycles. The fraction of sp³-hybridized carbons (Fsp3) is 0.176. The standard InChI is InChI=1S/C17H16FNO5S/c1-12-6-8-13(9-7-12)25(22,23)19-10-17(21)24-11-16(20)14-4-2-3-5-15(14)18/h2-9,19H,10-11H2,1H3. The number of esters is 1. The van der Waals surface area contributed by atoms with Crippen molar-refractivity contribution in [2.24, 2.45) is 0 Å². The summed E-state index contributed by atoms with van der Waals surface area (Å²) < 4.78 is 44.2. The van der Waals surface area contributed by atoms with Crippen LogP contribution in [0.25, 0.3) is 0 Å². The van der Waals surface area contributed by atoms with Gasteiger partial charge in [-0.2, -0.15) is 4.72 Å². The molecule has 0 bridgehead atoms. The number of hydrogen-bond acceptors (Lipinski definition) is 5. The molecule has 2 aromatic rings. The van der Waals surface area contributed by atoms with Crippen molar-refractivity contribution in [1.82, 2.24) is 4.72 Å². The van der Waals surface area contributed by atoms with E-state index < -0.39 is 40.7 Å². The van der Waals surface area contributed by atoms with Gasteiger partial charge >= 0.3 is 5.97 Å². The molecule has 6 nitrogen and oxygen atoms in total. The Bertz CT molecular complexity index is 878. The molecule has 2 rings (SSSR count). The third kappa shape index (κ3) is 5.20. The molecule has 0 fully saturated rings. The van der Waals surface area contributed by atoms with Crippen molar-refractivity contribution in [2.75, 3.05) is 13.2 Å². The van der Waals surface area contributed by atoms with E-state index in [9.17, 15) is 22.4 Å². The number of rotatable bonds is 7. The topological polar surface area (TPSA) is 89.5 Å². The number of ketones is 1. The third-order valence-corrected chi connectivity index (χ3v) is 4.69. The highest BCUT2D eigenvalue weighted by Gasteiger charge is 2.17. The van der Waals surface area contributed by atoms with Crippen LogP contribution in [0.1, 0.15) is 15.9 Å². The van der Waals surface area contributed by atoms with Crippen molar-refractivity contribution in [3.63, 3.8) is 0 Å². The molecule has 0 amide bonds. The van der Waals surface area contributed by atoms with Crippen LogP contribution < -0.4 is 4.72 Å². The van der Waals surface area contributed by atoms with Crippen molar-refractivity contribution in [3.8, 4) is 0 Å². The molecule has 8 heteroatoms. The zero-order chi connectivity index (χ0) is 18.4. The summed E-state index contributed by atoms with van der Waals surface area (Å²) in [5.74, 6) is -2.38. The van der Waals surface area contributed by atoms with Gasteiger partial charge in [0, 0.05) is 0 Å². The minimum Gasteiger partial charge on any atom is -0.456 e. The van der Waals surface area contributed by atoms with Gasteiger partial charge in [-0.05, 0) is 31.2 Å². The molecule has 132 valence electrons. The zero-order valence-corrected chi connectivity index (χ0v) is 14.2. The first-order chi connectivity index (χ1) is 11.8. The van der Waals surface area contributed by atoms with Crippen molar-refractivity contribution in [2.45, 2.75) is 11.8 Å². The van der Waals surface area contributed by atoms with Crippen molar-refractivity contribution in [3.05, 3.63) is 65.5 Å². The zero-order valence-electron chi connectivity index (χ0n) is 13.4. The van der Waals surface area contributed by atoms with Gasteiger partial charge < -0.3 is 4.74 Å². The fourth-order valence-electron chi connectivity index (χ4n) is 1.92. The maximum atomic E-state index is 13.4. The van der Waals surface area contributed by atoms with E-state index in [1.54, 1.807) is 12.1 Å². The van der Waals surface area contributed by atoms with E-state index in [1.165, 1.54) is 30.3 Å². The maximum Gasteiger partial charge on any atom is 0.321 e. The van der Waals surface area contributed by atoms with Gasteiger partial charge in [-0.25, -0.2) is 12.8 Å². The number of aryl methyl sites for hydroxylation is 1. The SMILES string of the molecule is Cc1ccc(S(=O)(=O)NCC(=O)OCC(=O)c2ccccc2F)cc1. The smallest absolute Gasteiger partial charge is 0.321 e. The molecule has 1 N–H and O–H groups in total. The van der Waals surface area contributed by atoms with Crippen molar-refractivity contribution >= 4 is 21.8 Å². The van der Waals surface area contributed by atoms with Gasteiger partial charge in [-0.3, -0.25) is 9.59 Å². The summed E-state index contributed by atoms with van der Waals surface area (Å²) in [6.45, 7) is 0.501. The minimum absolute atomic E-state index is 0.00772. The molecule has 0 heterocycles. The van der Waals surface area contributed by atoms with Crippen molar-refractivity contribution in [1.29, 1.82) is 0 Å². The Morgan fingerprint density at radius 2 is 1.72 bits per heavy atom. The van der Waals surface area contributed by atoms with Gasteiger partial charge in [0.1, 0.15) is 12.4 Å². The molecular formula is C17H16FNO5S. The maximum absolute atomic E-state index is 13.4. The van der Waals surface area contributed by atoms with Crippen LogP contribution in [-0.4, -0.2) is 33.3 Å². The van der Waals surface area contributed by atoms with E-state index in [0.29, 0.717) is 0 Å². The lowest BCUT2D eigenvalue weighted by atomic mass is 10.1. The number of carbonyl (C=O) groups excluding carboxylic acids is 2. The Labute approximate surface area is 144 Å². The van der Waals surface area contributed by atoms with E-state index in [0.717, 1.165) is 11.6 Å². The molecule has 0 aromatic heterocycles. The van der Waals surface area contributed by atoms with E-state index >= 15 is 0 Å². The van der Waals surface area contributed by atoms with Crippen LogP contribution in [0, 0.1) is 12.7 Å². The van der Waals surface area contributed by atoms with Crippen LogP contribution in [0.5, 0.6) is 0 Å².